The third-order valence-electron chi connectivity index (χ3n) is 6.61. The fourth-order valence-electron chi connectivity index (χ4n) is 4.81. The molecule has 192 valence electrons. The minimum Gasteiger partial charge on any atom is -0.484 e. The number of hydrogen-bond acceptors (Lipinski definition) is 5. The summed E-state index contributed by atoms with van der Waals surface area (Å²) in [5.41, 5.74) is 3.33. The molecule has 1 N–H and O–H groups in total. The second-order valence-corrected chi connectivity index (χ2v) is 9.36. The Kier molecular flexibility index (Phi) is 6.99. The summed E-state index contributed by atoms with van der Waals surface area (Å²) in [7, 11) is 0. The molecule has 1 aliphatic heterocycles. The van der Waals surface area contributed by atoms with Crippen LogP contribution in [0.1, 0.15) is 45.3 Å². The fourth-order valence-corrected chi connectivity index (χ4v) is 4.81. The van der Waals surface area contributed by atoms with Crippen molar-refractivity contribution in [2.24, 2.45) is 4.99 Å². The first-order chi connectivity index (χ1) is 18.0. The van der Waals surface area contributed by atoms with Gasteiger partial charge in [-0.25, -0.2) is 9.79 Å². The number of aromatic amines is 1. The van der Waals surface area contributed by atoms with Crippen molar-refractivity contribution in [1.29, 1.82) is 0 Å². The van der Waals surface area contributed by atoms with E-state index in [9.17, 15) is 9.59 Å². The van der Waals surface area contributed by atoms with Crippen LogP contribution in [-0.2, 0) is 17.8 Å². The van der Waals surface area contributed by atoms with Crippen molar-refractivity contribution in [3.05, 3.63) is 87.1 Å². The number of benzene rings is 2. The Hall–Kier alpha value is -4.07. The molecule has 2 unspecified atom stereocenters. The van der Waals surface area contributed by atoms with E-state index in [0.29, 0.717) is 42.2 Å². The number of aliphatic imine (C=N–C) groups is 1. The summed E-state index contributed by atoms with van der Waals surface area (Å²) in [4.78, 5) is 33.8. The standard InChI is InChI=1S/C29H32N4O4/c1-4-15-32-24-17-23(31-26(24)28(34)33(16-5-2)29(32)35)20-11-13-22(14-12-20)36-18-25-30-19(3)27(37-25)21-9-7-6-8-10-21/h6-14,17,19,27,31H,4-5,15-16,18H2,1-3H3. The van der Waals surface area contributed by atoms with Gasteiger partial charge in [0.15, 0.2) is 6.61 Å². The van der Waals surface area contributed by atoms with E-state index in [1.54, 1.807) is 4.57 Å². The number of ether oxygens (including phenoxy) is 2. The van der Waals surface area contributed by atoms with Gasteiger partial charge in [-0.05, 0) is 61.2 Å². The lowest BCUT2D eigenvalue weighted by Gasteiger charge is -2.15. The summed E-state index contributed by atoms with van der Waals surface area (Å²) >= 11 is 0. The molecule has 2 aromatic heterocycles. The molecule has 3 heterocycles. The molecule has 8 heteroatoms. The van der Waals surface area contributed by atoms with Crippen LogP contribution in [0.4, 0.5) is 0 Å². The molecule has 0 radical (unpaired) electrons. The minimum absolute atomic E-state index is 0.0254. The largest absolute Gasteiger partial charge is 0.484 e. The van der Waals surface area contributed by atoms with Gasteiger partial charge in [-0.2, -0.15) is 0 Å². The first-order valence-corrected chi connectivity index (χ1v) is 12.9. The highest BCUT2D eigenvalue weighted by Crippen LogP contribution is 2.29. The molecule has 0 fully saturated rings. The van der Waals surface area contributed by atoms with Crippen molar-refractivity contribution >= 4 is 16.9 Å². The average molecular weight is 501 g/mol. The van der Waals surface area contributed by atoms with Crippen molar-refractivity contribution in [3.63, 3.8) is 0 Å². The predicted molar refractivity (Wildman–Crippen MR) is 145 cm³/mol. The van der Waals surface area contributed by atoms with Crippen LogP contribution in [0.25, 0.3) is 22.3 Å². The number of nitrogens with zero attached hydrogens (tertiary/aromatic N) is 3. The Morgan fingerprint density at radius 1 is 0.973 bits per heavy atom. The summed E-state index contributed by atoms with van der Waals surface area (Å²) in [5.74, 6) is 1.27. The first kappa shape index (κ1) is 24.6. The molecule has 5 rings (SSSR count). The zero-order valence-electron chi connectivity index (χ0n) is 21.4. The van der Waals surface area contributed by atoms with Crippen molar-refractivity contribution in [3.8, 4) is 17.0 Å². The number of hydrogen-bond donors (Lipinski definition) is 1. The van der Waals surface area contributed by atoms with Gasteiger partial charge in [-0.1, -0.05) is 44.2 Å². The molecule has 0 saturated heterocycles. The molecular formula is C29H32N4O4. The number of aryl methyl sites for hydroxylation is 1. The maximum atomic E-state index is 13.0. The average Bonchev–Trinajstić information content (AvgIpc) is 3.53. The van der Waals surface area contributed by atoms with E-state index in [1.807, 2.05) is 81.4 Å². The van der Waals surface area contributed by atoms with E-state index in [-0.39, 0.29) is 30.0 Å². The molecule has 2 aromatic carbocycles. The van der Waals surface area contributed by atoms with Crippen molar-refractivity contribution < 1.29 is 9.47 Å². The third kappa shape index (κ3) is 4.83. The Morgan fingerprint density at radius 3 is 2.38 bits per heavy atom. The van der Waals surface area contributed by atoms with Crippen LogP contribution in [0, 0.1) is 0 Å². The molecule has 0 amide bonds. The summed E-state index contributed by atoms with van der Waals surface area (Å²) in [6, 6.07) is 19.6. The number of fused-ring (bicyclic) bond motifs is 1. The van der Waals surface area contributed by atoms with E-state index < -0.39 is 0 Å². The molecule has 0 bridgehead atoms. The second-order valence-electron chi connectivity index (χ2n) is 9.36. The van der Waals surface area contributed by atoms with Crippen molar-refractivity contribution in [2.45, 2.75) is 58.8 Å². The van der Waals surface area contributed by atoms with Gasteiger partial charge >= 0.3 is 5.69 Å². The van der Waals surface area contributed by atoms with Crippen LogP contribution in [0.15, 0.2) is 75.2 Å². The van der Waals surface area contributed by atoms with E-state index in [4.69, 9.17) is 9.47 Å². The Balaban J connectivity index is 1.33. The van der Waals surface area contributed by atoms with Crippen molar-refractivity contribution in [1.82, 2.24) is 14.1 Å². The second kappa shape index (κ2) is 10.5. The lowest BCUT2D eigenvalue weighted by atomic mass is 10.0. The molecule has 0 aliphatic carbocycles. The zero-order valence-corrected chi connectivity index (χ0v) is 21.4. The van der Waals surface area contributed by atoms with E-state index in [1.165, 1.54) is 4.57 Å². The highest BCUT2D eigenvalue weighted by atomic mass is 16.5. The van der Waals surface area contributed by atoms with Gasteiger partial charge in [0.05, 0.1) is 11.6 Å². The van der Waals surface area contributed by atoms with Crippen molar-refractivity contribution in [2.75, 3.05) is 6.61 Å². The smallest absolute Gasteiger partial charge is 0.331 e. The maximum Gasteiger partial charge on any atom is 0.331 e. The van der Waals surface area contributed by atoms with E-state index >= 15 is 0 Å². The summed E-state index contributed by atoms with van der Waals surface area (Å²) < 4.78 is 15.0. The molecule has 37 heavy (non-hydrogen) atoms. The highest BCUT2D eigenvalue weighted by molar-refractivity contribution is 5.82. The Morgan fingerprint density at radius 2 is 1.68 bits per heavy atom. The Labute approximate surface area is 215 Å². The van der Waals surface area contributed by atoms with E-state index in [2.05, 4.69) is 9.98 Å². The summed E-state index contributed by atoms with van der Waals surface area (Å²) in [6.07, 6.45) is 1.41. The number of H-pyrrole nitrogens is 1. The maximum absolute atomic E-state index is 13.0. The molecule has 2 atom stereocenters. The molecule has 8 nitrogen and oxygen atoms in total. The molecule has 1 aliphatic rings. The predicted octanol–water partition coefficient (Wildman–Crippen LogP) is 4.92. The Bertz CT molecular complexity index is 1530. The molecular weight excluding hydrogens is 468 g/mol. The molecule has 0 spiro atoms. The van der Waals surface area contributed by atoms with Crippen LogP contribution < -0.4 is 16.0 Å². The van der Waals surface area contributed by atoms with Crippen LogP contribution in [0.3, 0.4) is 0 Å². The zero-order chi connectivity index (χ0) is 25.9. The SMILES string of the molecule is CCCn1c(=O)c2[nH]c(-c3ccc(OCC4=NC(C)C(c5ccccc5)O4)cc3)cc2n(CCC)c1=O. The van der Waals surface area contributed by atoms with Gasteiger partial charge in [0.2, 0.25) is 5.90 Å². The van der Waals surface area contributed by atoms with Crippen LogP contribution in [0.5, 0.6) is 5.75 Å². The minimum atomic E-state index is -0.277. The molecule has 0 saturated carbocycles. The monoisotopic (exact) mass is 500 g/mol. The first-order valence-electron chi connectivity index (χ1n) is 12.9. The number of aromatic nitrogens is 3. The number of nitrogens with one attached hydrogen (secondary N) is 1. The lowest BCUT2D eigenvalue weighted by molar-refractivity contribution is 0.186. The lowest BCUT2D eigenvalue weighted by Crippen LogP contribution is -2.39. The van der Waals surface area contributed by atoms with Gasteiger partial charge < -0.3 is 14.5 Å². The van der Waals surface area contributed by atoms with Crippen LogP contribution >= 0.6 is 0 Å². The summed E-state index contributed by atoms with van der Waals surface area (Å²) in [6.45, 7) is 7.22. The third-order valence-corrected chi connectivity index (χ3v) is 6.61. The molecule has 4 aromatic rings. The summed E-state index contributed by atoms with van der Waals surface area (Å²) in [5, 5.41) is 0. The van der Waals surface area contributed by atoms with E-state index in [0.717, 1.165) is 23.2 Å². The van der Waals surface area contributed by atoms with Gasteiger partial charge in [0.25, 0.3) is 5.56 Å². The van der Waals surface area contributed by atoms with Gasteiger partial charge in [0.1, 0.15) is 17.4 Å². The fraction of sp³-hybridized carbons (Fsp3) is 0.345. The van der Waals surface area contributed by atoms with Crippen LogP contribution in [-0.4, -0.2) is 32.7 Å². The quantitative estimate of drug-likeness (QED) is 0.353. The van der Waals surface area contributed by atoms with Gasteiger partial charge in [0, 0.05) is 18.8 Å². The van der Waals surface area contributed by atoms with Crippen LogP contribution in [0.2, 0.25) is 0 Å². The van der Waals surface area contributed by atoms with Gasteiger partial charge in [-0.15, -0.1) is 0 Å². The topological polar surface area (TPSA) is 90.6 Å². The normalized spacial score (nSPS) is 17.1. The van der Waals surface area contributed by atoms with Gasteiger partial charge in [-0.3, -0.25) is 13.9 Å². The highest BCUT2D eigenvalue weighted by Gasteiger charge is 2.29. The number of rotatable bonds is 9.